The maximum absolute atomic E-state index is 9.28. The minimum absolute atomic E-state index is 0.0891. The Kier molecular flexibility index (Phi) is 6.22. The largest absolute Gasteiger partial charge is 0.395 e. The second-order valence-electron chi connectivity index (χ2n) is 6.51. The molecule has 0 bridgehead atoms. The van der Waals surface area contributed by atoms with Crippen LogP contribution < -0.4 is 5.73 Å². The standard InChI is InChI=1S/C18H30N2O/c1-14-11-15(2)13-16(12-14)18(19)7-8-20(9-10-21)17-5-3-4-6-17/h11-13,17-18,21H,3-10,19H2,1-2H3. The molecule has 0 aliphatic heterocycles. The fourth-order valence-electron chi connectivity index (χ4n) is 3.57. The van der Waals surface area contributed by atoms with Crippen LogP contribution >= 0.6 is 0 Å². The Morgan fingerprint density at radius 2 is 1.76 bits per heavy atom. The number of benzene rings is 1. The van der Waals surface area contributed by atoms with Crippen LogP contribution in [0.3, 0.4) is 0 Å². The molecule has 0 aromatic heterocycles. The van der Waals surface area contributed by atoms with Crippen molar-refractivity contribution in [2.45, 2.75) is 58.0 Å². The number of aliphatic hydroxyl groups excluding tert-OH is 1. The third-order valence-corrected chi connectivity index (χ3v) is 4.63. The van der Waals surface area contributed by atoms with Crippen LogP contribution in [0, 0.1) is 13.8 Å². The van der Waals surface area contributed by atoms with Crippen LogP contribution in [-0.2, 0) is 0 Å². The van der Waals surface area contributed by atoms with Crippen molar-refractivity contribution in [2.75, 3.05) is 19.7 Å². The molecular weight excluding hydrogens is 260 g/mol. The van der Waals surface area contributed by atoms with Crippen LogP contribution in [0.4, 0.5) is 0 Å². The molecule has 0 spiro atoms. The first-order valence-corrected chi connectivity index (χ1v) is 8.29. The zero-order chi connectivity index (χ0) is 15.2. The molecule has 1 atom stereocenters. The summed E-state index contributed by atoms with van der Waals surface area (Å²) in [6, 6.07) is 7.33. The molecular formula is C18H30N2O. The molecule has 1 saturated carbocycles. The van der Waals surface area contributed by atoms with E-state index in [9.17, 15) is 5.11 Å². The topological polar surface area (TPSA) is 49.5 Å². The number of nitrogens with two attached hydrogens (primary N) is 1. The van der Waals surface area contributed by atoms with Crippen molar-refractivity contribution in [3.63, 3.8) is 0 Å². The first-order chi connectivity index (χ1) is 10.1. The number of nitrogens with zero attached hydrogens (tertiary/aromatic N) is 1. The van der Waals surface area contributed by atoms with Gasteiger partial charge in [0.05, 0.1) is 6.61 Å². The summed E-state index contributed by atoms with van der Waals surface area (Å²) in [5.41, 5.74) is 10.2. The Morgan fingerprint density at radius 1 is 1.14 bits per heavy atom. The van der Waals surface area contributed by atoms with E-state index in [0.29, 0.717) is 6.04 Å². The van der Waals surface area contributed by atoms with Crippen LogP contribution in [0.5, 0.6) is 0 Å². The predicted molar refractivity (Wildman–Crippen MR) is 88.4 cm³/mol. The van der Waals surface area contributed by atoms with Gasteiger partial charge in [-0.25, -0.2) is 0 Å². The van der Waals surface area contributed by atoms with Gasteiger partial charge in [0.25, 0.3) is 0 Å². The summed E-state index contributed by atoms with van der Waals surface area (Å²) in [6.45, 7) is 6.26. The lowest BCUT2D eigenvalue weighted by molar-refractivity contribution is 0.147. The van der Waals surface area contributed by atoms with Crippen molar-refractivity contribution in [1.82, 2.24) is 4.90 Å². The van der Waals surface area contributed by atoms with E-state index in [1.165, 1.54) is 42.4 Å². The highest BCUT2D eigenvalue weighted by molar-refractivity contribution is 5.30. The monoisotopic (exact) mass is 290 g/mol. The third-order valence-electron chi connectivity index (χ3n) is 4.63. The molecule has 2 rings (SSSR count). The lowest BCUT2D eigenvalue weighted by Crippen LogP contribution is -2.37. The lowest BCUT2D eigenvalue weighted by Gasteiger charge is -2.29. The van der Waals surface area contributed by atoms with Gasteiger partial charge in [-0.15, -0.1) is 0 Å². The maximum atomic E-state index is 9.28. The molecule has 0 saturated heterocycles. The van der Waals surface area contributed by atoms with E-state index in [1.54, 1.807) is 0 Å². The average Bonchev–Trinajstić information content (AvgIpc) is 2.96. The SMILES string of the molecule is Cc1cc(C)cc(C(N)CCN(CCO)C2CCCC2)c1. The highest BCUT2D eigenvalue weighted by Gasteiger charge is 2.22. The Labute approximate surface area is 129 Å². The Hall–Kier alpha value is -0.900. The molecule has 0 amide bonds. The lowest BCUT2D eigenvalue weighted by atomic mass is 9.99. The number of hydrogen-bond donors (Lipinski definition) is 2. The maximum Gasteiger partial charge on any atom is 0.0558 e. The van der Waals surface area contributed by atoms with E-state index in [1.807, 2.05) is 0 Å². The summed E-state index contributed by atoms with van der Waals surface area (Å²) in [4.78, 5) is 2.44. The van der Waals surface area contributed by atoms with Crippen molar-refractivity contribution < 1.29 is 5.11 Å². The van der Waals surface area contributed by atoms with Gasteiger partial charge in [0, 0.05) is 25.2 Å². The number of aryl methyl sites for hydroxylation is 2. The van der Waals surface area contributed by atoms with Gasteiger partial charge in [-0.3, -0.25) is 4.90 Å². The number of hydrogen-bond acceptors (Lipinski definition) is 3. The van der Waals surface area contributed by atoms with Gasteiger partial charge >= 0.3 is 0 Å². The van der Waals surface area contributed by atoms with Crippen LogP contribution in [0.15, 0.2) is 18.2 Å². The van der Waals surface area contributed by atoms with Gasteiger partial charge < -0.3 is 10.8 Å². The van der Waals surface area contributed by atoms with Crippen LogP contribution in [0.1, 0.15) is 54.8 Å². The summed E-state index contributed by atoms with van der Waals surface area (Å²) < 4.78 is 0. The summed E-state index contributed by atoms with van der Waals surface area (Å²) in [7, 11) is 0. The Bertz CT molecular complexity index is 421. The van der Waals surface area contributed by atoms with Crippen molar-refractivity contribution in [2.24, 2.45) is 5.73 Å². The molecule has 3 nitrogen and oxygen atoms in total. The van der Waals surface area contributed by atoms with Gasteiger partial charge in [0.15, 0.2) is 0 Å². The second-order valence-corrected chi connectivity index (χ2v) is 6.51. The fraction of sp³-hybridized carbons (Fsp3) is 0.667. The van der Waals surface area contributed by atoms with Crippen molar-refractivity contribution in [1.29, 1.82) is 0 Å². The zero-order valence-electron chi connectivity index (χ0n) is 13.5. The molecule has 118 valence electrons. The van der Waals surface area contributed by atoms with Gasteiger partial charge in [-0.05, 0) is 38.7 Å². The molecule has 1 aliphatic rings. The molecule has 3 heteroatoms. The summed E-state index contributed by atoms with van der Waals surface area (Å²) in [5, 5.41) is 9.28. The van der Waals surface area contributed by atoms with E-state index in [4.69, 9.17) is 5.73 Å². The minimum atomic E-state index is 0.0891. The molecule has 1 aliphatic carbocycles. The summed E-state index contributed by atoms with van der Waals surface area (Å²) in [5.74, 6) is 0. The molecule has 21 heavy (non-hydrogen) atoms. The molecule has 1 fully saturated rings. The zero-order valence-corrected chi connectivity index (χ0v) is 13.5. The van der Waals surface area contributed by atoms with Crippen molar-refractivity contribution >= 4 is 0 Å². The smallest absolute Gasteiger partial charge is 0.0558 e. The first kappa shape index (κ1) is 16.5. The van der Waals surface area contributed by atoms with Crippen molar-refractivity contribution in [3.05, 3.63) is 34.9 Å². The second kappa shape index (κ2) is 7.92. The molecule has 0 heterocycles. The average molecular weight is 290 g/mol. The Balaban J connectivity index is 1.92. The number of aliphatic hydroxyl groups is 1. The van der Waals surface area contributed by atoms with Gasteiger partial charge in [0.2, 0.25) is 0 Å². The van der Waals surface area contributed by atoms with E-state index in [-0.39, 0.29) is 12.6 Å². The van der Waals surface area contributed by atoms with Gasteiger partial charge in [-0.2, -0.15) is 0 Å². The molecule has 1 unspecified atom stereocenters. The van der Waals surface area contributed by atoms with Crippen LogP contribution in [0.2, 0.25) is 0 Å². The highest BCUT2D eigenvalue weighted by Crippen LogP contribution is 2.25. The summed E-state index contributed by atoms with van der Waals surface area (Å²) in [6.07, 6.45) is 6.17. The molecule has 3 N–H and O–H groups in total. The number of rotatable bonds is 7. The molecule has 0 radical (unpaired) electrons. The first-order valence-electron chi connectivity index (χ1n) is 8.29. The third kappa shape index (κ3) is 4.80. The van der Waals surface area contributed by atoms with E-state index in [0.717, 1.165) is 19.5 Å². The molecule has 1 aromatic rings. The summed E-state index contributed by atoms with van der Waals surface area (Å²) >= 11 is 0. The van der Waals surface area contributed by atoms with Crippen LogP contribution in [0.25, 0.3) is 0 Å². The molecule has 1 aromatic carbocycles. The Morgan fingerprint density at radius 3 is 2.33 bits per heavy atom. The van der Waals surface area contributed by atoms with Crippen LogP contribution in [-0.4, -0.2) is 35.7 Å². The van der Waals surface area contributed by atoms with E-state index < -0.39 is 0 Å². The quantitative estimate of drug-likeness (QED) is 0.812. The predicted octanol–water partition coefficient (Wildman–Crippen LogP) is 2.93. The van der Waals surface area contributed by atoms with E-state index in [2.05, 4.69) is 36.9 Å². The van der Waals surface area contributed by atoms with Crippen molar-refractivity contribution in [3.8, 4) is 0 Å². The fourth-order valence-corrected chi connectivity index (χ4v) is 3.57. The van der Waals surface area contributed by atoms with E-state index >= 15 is 0 Å². The normalized spacial score (nSPS) is 17.6. The minimum Gasteiger partial charge on any atom is -0.395 e. The highest BCUT2D eigenvalue weighted by atomic mass is 16.3. The van der Waals surface area contributed by atoms with Gasteiger partial charge in [-0.1, -0.05) is 42.2 Å². The van der Waals surface area contributed by atoms with Gasteiger partial charge in [0.1, 0.15) is 0 Å².